The number of likely N-dealkylation sites (N-methyl/N-ethyl adjacent to an activating group) is 1. The Hall–Kier alpha value is -0.0800. The van der Waals surface area contributed by atoms with E-state index in [2.05, 4.69) is 0 Å². The van der Waals surface area contributed by atoms with Gasteiger partial charge < -0.3 is 5.11 Å². The summed E-state index contributed by atoms with van der Waals surface area (Å²) in [5.41, 5.74) is 0. The molecule has 7 heavy (non-hydrogen) atoms. The maximum absolute atomic E-state index is 8.83. The SMILES string of the molecule is CN1[CH]CC(O)C1. The monoisotopic (exact) mass is 100 g/mol. The summed E-state index contributed by atoms with van der Waals surface area (Å²) in [7, 11) is 1.97. The third-order valence-corrected chi connectivity index (χ3v) is 1.19. The standard InChI is InChI=1S/C5H10NO/c1-6-3-2-5(7)4-6/h3,5,7H,2,4H2,1H3. The summed E-state index contributed by atoms with van der Waals surface area (Å²) in [4.78, 5) is 2.00. The Labute approximate surface area is 43.7 Å². The van der Waals surface area contributed by atoms with Gasteiger partial charge in [-0.25, -0.2) is 0 Å². The average Bonchev–Trinajstić information content (AvgIpc) is 1.87. The van der Waals surface area contributed by atoms with Crippen LogP contribution in [0.2, 0.25) is 0 Å². The first kappa shape index (κ1) is 5.06. The minimum atomic E-state index is -0.106. The first-order valence-corrected chi connectivity index (χ1v) is 2.50. The van der Waals surface area contributed by atoms with E-state index in [1.165, 1.54) is 0 Å². The molecule has 0 aromatic rings. The van der Waals surface area contributed by atoms with Gasteiger partial charge in [0, 0.05) is 13.1 Å². The molecule has 1 radical (unpaired) electrons. The van der Waals surface area contributed by atoms with Crippen LogP contribution in [0.4, 0.5) is 0 Å². The van der Waals surface area contributed by atoms with Crippen molar-refractivity contribution in [2.45, 2.75) is 12.5 Å². The van der Waals surface area contributed by atoms with E-state index in [1.807, 2.05) is 18.5 Å². The molecular weight excluding hydrogens is 90.1 g/mol. The van der Waals surface area contributed by atoms with Gasteiger partial charge in [-0.1, -0.05) is 0 Å². The van der Waals surface area contributed by atoms with Crippen molar-refractivity contribution < 1.29 is 5.11 Å². The van der Waals surface area contributed by atoms with Crippen LogP contribution in [-0.2, 0) is 0 Å². The Balaban J connectivity index is 2.26. The maximum Gasteiger partial charge on any atom is 0.0682 e. The zero-order chi connectivity index (χ0) is 5.28. The number of β-amino-alcohol motifs (C(OH)–C–C–N with tert-alkyl or cyclic N) is 1. The van der Waals surface area contributed by atoms with Gasteiger partial charge in [-0.3, -0.25) is 4.90 Å². The average molecular weight is 100 g/mol. The molecule has 1 unspecified atom stereocenters. The Kier molecular flexibility index (Phi) is 1.30. The fourth-order valence-corrected chi connectivity index (χ4v) is 0.783. The van der Waals surface area contributed by atoms with E-state index in [1.54, 1.807) is 0 Å². The second-order valence-corrected chi connectivity index (χ2v) is 2.01. The molecule has 0 amide bonds. The summed E-state index contributed by atoms with van der Waals surface area (Å²) in [6.45, 7) is 2.81. The molecule has 0 aromatic carbocycles. The molecule has 1 saturated heterocycles. The van der Waals surface area contributed by atoms with E-state index < -0.39 is 0 Å². The lowest BCUT2D eigenvalue weighted by atomic mass is 10.3. The van der Waals surface area contributed by atoms with Crippen molar-refractivity contribution in [1.29, 1.82) is 0 Å². The highest BCUT2D eigenvalue weighted by Gasteiger charge is 2.15. The molecule has 0 spiro atoms. The van der Waals surface area contributed by atoms with Gasteiger partial charge in [0.15, 0.2) is 0 Å². The Bertz CT molecular complexity index is 57.1. The van der Waals surface area contributed by atoms with Crippen LogP contribution >= 0.6 is 0 Å². The quantitative estimate of drug-likeness (QED) is 0.457. The predicted octanol–water partition coefficient (Wildman–Crippen LogP) is -0.155. The van der Waals surface area contributed by atoms with Gasteiger partial charge in [-0.15, -0.1) is 0 Å². The lowest BCUT2D eigenvalue weighted by Gasteiger charge is -2.02. The van der Waals surface area contributed by atoms with Crippen molar-refractivity contribution in [3.63, 3.8) is 0 Å². The number of nitrogens with zero attached hydrogens (tertiary/aromatic N) is 1. The van der Waals surface area contributed by atoms with Crippen LogP contribution in [0.1, 0.15) is 6.42 Å². The molecule has 1 aliphatic rings. The summed E-state index contributed by atoms with van der Waals surface area (Å²) in [5, 5.41) is 8.83. The van der Waals surface area contributed by atoms with Gasteiger partial charge in [0.1, 0.15) is 0 Å². The maximum atomic E-state index is 8.83. The van der Waals surface area contributed by atoms with E-state index in [4.69, 9.17) is 5.11 Å². The zero-order valence-electron chi connectivity index (χ0n) is 4.46. The molecule has 1 fully saturated rings. The Morgan fingerprint density at radius 1 is 1.86 bits per heavy atom. The van der Waals surface area contributed by atoms with Crippen molar-refractivity contribution >= 4 is 0 Å². The molecule has 1 N–H and O–H groups in total. The van der Waals surface area contributed by atoms with E-state index in [0.717, 1.165) is 13.0 Å². The summed E-state index contributed by atoms with van der Waals surface area (Å²) in [6.07, 6.45) is 0.723. The largest absolute Gasteiger partial charge is 0.392 e. The van der Waals surface area contributed by atoms with Crippen LogP contribution in [0, 0.1) is 6.54 Å². The van der Waals surface area contributed by atoms with E-state index in [0.29, 0.717) is 0 Å². The molecular formula is C5H10NO. The second kappa shape index (κ2) is 1.80. The normalized spacial score (nSPS) is 34.3. The highest BCUT2D eigenvalue weighted by atomic mass is 16.3. The number of aliphatic hydroxyl groups excluding tert-OH is 1. The topological polar surface area (TPSA) is 23.5 Å². The fraction of sp³-hybridized carbons (Fsp3) is 0.800. The minimum absolute atomic E-state index is 0.106. The molecule has 1 rings (SSSR count). The molecule has 1 aliphatic heterocycles. The lowest BCUT2D eigenvalue weighted by Crippen LogP contribution is -2.14. The van der Waals surface area contributed by atoms with Crippen LogP contribution in [0.25, 0.3) is 0 Å². The molecule has 0 bridgehead atoms. The molecule has 0 aliphatic carbocycles. The Morgan fingerprint density at radius 2 is 2.57 bits per heavy atom. The van der Waals surface area contributed by atoms with Crippen molar-refractivity contribution in [2.75, 3.05) is 13.6 Å². The highest BCUT2D eigenvalue weighted by molar-refractivity contribution is 4.80. The summed E-state index contributed by atoms with van der Waals surface area (Å²) < 4.78 is 0. The molecule has 0 saturated carbocycles. The predicted molar refractivity (Wildman–Crippen MR) is 27.6 cm³/mol. The van der Waals surface area contributed by atoms with Crippen LogP contribution in [0.5, 0.6) is 0 Å². The smallest absolute Gasteiger partial charge is 0.0682 e. The number of hydrogen-bond acceptors (Lipinski definition) is 2. The summed E-state index contributed by atoms with van der Waals surface area (Å²) in [5.74, 6) is 0. The van der Waals surface area contributed by atoms with Crippen molar-refractivity contribution in [1.82, 2.24) is 4.90 Å². The number of aliphatic hydroxyl groups is 1. The molecule has 41 valence electrons. The fourth-order valence-electron chi connectivity index (χ4n) is 0.783. The number of rotatable bonds is 0. The van der Waals surface area contributed by atoms with E-state index >= 15 is 0 Å². The highest BCUT2D eigenvalue weighted by Crippen LogP contribution is 2.08. The van der Waals surface area contributed by atoms with Crippen LogP contribution in [0.15, 0.2) is 0 Å². The zero-order valence-corrected chi connectivity index (χ0v) is 4.46. The van der Waals surface area contributed by atoms with Crippen LogP contribution < -0.4 is 0 Å². The first-order valence-electron chi connectivity index (χ1n) is 2.50. The summed E-state index contributed by atoms with van der Waals surface area (Å²) >= 11 is 0. The summed E-state index contributed by atoms with van der Waals surface area (Å²) in [6, 6.07) is 0. The third kappa shape index (κ3) is 1.14. The Morgan fingerprint density at radius 3 is 2.71 bits per heavy atom. The van der Waals surface area contributed by atoms with Crippen molar-refractivity contribution in [3.8, 4) is 0 Å². The van der Waals surface area contributed by atoms with E-state index in [9.17, 15) is 0 Å². The molecule has 2 nitrogen and oxygen atoms in total. The van der Waals surface area contributed by atoms with Crippen LogP contribution in [-0.4, -0.2) is 29.7 Å². The van der Waals surface area contributed by atoms with Crippen LogP contribution in [0.3, 0.4) is 0 Å². The van der Waals surface area contributed by atoms with Gasteiger partial charge in [0.05, 0.1) is 6.10 Å². The van der Waals surface area contributed by atoms with Gasteiger partial charge in [-0.2, -0.15) is 0 Å². The van der Waals surface area contributed by atoms with Gasteiger partial charge in [0.2, 0.25) is 0 Å². The second-order valence-electron chi connectivity index (χ2n) is 2.01. The van der Waals surface area contributed by atoms with Gasteiger partial charge in [0.25, 0.3) is 0 Å². The molecule has 1 atom stereocenters. The molecule has 0 aromatic heterocycles. The first-order chi connectivity index (χ1) is 3.29. The lowest BCUT2D eigenvalue weighted by molar-refractivity contribution is 0.183. The number of likely N-dealkylation sites (tertiary alicyclic amines) is 1. The third-order valence-electron chi connectivity index (χ3n) is 1.19. The number of hydrogen-bond donors (Lipinski definition) is 1. The van der Waals surface area contributed by atoms with Gasteiger partial charge in [-0.05, 0) is 13.5 Å². The molecule has 2 heteroatoms. The van der Waals surface area contributed by atoms with Crippen molar-refractivity contribution in [2.24, 2.45) is 0 Å². The van der Waals surface area contributed by atoms with Gasteiger partial charge >= 0.3 is 0 Å². The molecule has 1 heterocycles. The van der Waals surface area contributed by atoms with Crippen molar-refractivity contribution in [3.05, 3.63) is 6.54 Å². The minimum Gasteiger partial charge on any atom is -0.392 e. The van der Waals surface area contributed by atoms with E-state index in [-0.39, 0.29) is 6.10 Å².